The van der Waals surface area contributed by atoms with Gasteiger partial charge in [0.1, 0.15) is 5.75 Å². The van der Waals surface area contributed by atoms with E-state index >= 15 is 0 Å². The second kappa shape index (κ2) is 7.85. The summed E-state index contributed by atoms with van der Waals surface area (Å²) in [5, 5.41) is 12.7. The number of pyridine rings is 1. The quantitative estimate of drug-likeness (QED) is 0.846. The Bertz CT molecular complexity index is 685. The topological polar surface area (TPSA) is 71.5 Å². The summed E-state index contributed by atoms with van der Waals surface area (Å²) in [4.78, 5) is 15.7. The van der Waals surface area contributed by atoms with Gasteiger partial charge in [-0.2, -0.15) is 8.78 Å². The van der Waals surface area contributed by atoms with Crippen LogP contribution in [0.25, 0.3) is 0 Å². The zero-order valence-electron chi connectivity index (χ0n) is 11.7. The second-order valence-corrected chi connectivity index (χ2v) is 4.94. The molecule has 2 aromatic rings. The van der Waals surface area contributed by atoms with Gasteiger partial charge >= 0.3 is 6.61 Å². The number of aliphatic hydroxyl groups excluding tert-OH is 1. The van der Waals surface area contributed by atoms with Crippen molar-refractivity contribution in [1.82, 2.24) is 10.3 Å². The molecule has 1 amide bonds. The van der Waals surface area contributed by atoms with Gasteiger partial charge in [0.15, 0.2) is 0 Å². The third kappa shape index (κ3) is 4.87. The molecule has 5 nitrogen and oxygen atoms in total. The van der Waals surface area contributed by atoms with Crippen LogP contribution in [-0.2, 0) is 0 Å². The molecule has 0 aliphatic carbocycles. The predicted molar refractivity (Wildman–Crippen MR) is 79.6 cm³/mol. The lowest BCUT2D eigenvalue weighted by Crippen LogP contribution is -2.28. The first kappa shape index (κ1) is 17.1. The summed E-state index contributed by atoms with van der Waals surface area (Å²) in [5.74, 6) is -0.545. The molecule has 0 saturated heterocycles. The zero-order valence-corrected chi connectivity index (χ0v) is 12.5. The van der Waals surface area contributed by atoms with Gasteiger partial charge in [-0.1, -0.05) is 23.7 Å². The molecular weight excluding hydrogens is 330 g/mol. The van der Waals surface area contributed by atoms with Crippen LogP contribution in [0, 0.1) is 0 Å². The number of nitrogens with zero attached hydrogens (tertiary/aromatic N) is 1. The largest absolute Gasteiger partial charge is 0.435 e. The normalized spacial score (nSPS) is 12.0. The Morgan fingerprint density at radius 2 is 2.17 bits per heavy atom. The van der Waals surface area contributed by atoms with Crippen molar-refractivity contribution in [1.29, 1.82) is 0 Å². The zero-order chi connectivity index (χ0) is 16.8. The van der Waals surface area contributed by atoms with Crippen LogP contribution in [0.3, 0.4) is 0 Å². The van der Waals surface area contributed by atoms with Gasteiger partial charge in [0, 0.05) is 18.9 Å². The summed E-state index contributed by atoms with van der Waals surface area (Å²) in [6.07, 6.45) is 1.67. The van der Waals surface area contributed by atoms with E-state index in [0.29, 0.717) is 5.56 Å². The fourth-order valence-electron chi connectivity index (χ4n) is 1.86. The molecule has 1 unspecified atom stereocenters. The molecule has 0 saturated carbocycles. The monoisotopic (exact) mass is 342 g/mol. The van der Waals surface area contributed by atoms with E-state index in [0.717, 1.165) is 0 Å². The number of rotatable bonds is 6. The molecule has 8 heteroatoms. The predicted octanol–water partition coefficient (Wildman–Crippen LogP) is 2.80. The van der Waals surface area contributed by atoms with Crippen molar-refractivity contribution < 1.29 is 23.4 Å². The fourth-order valence-corrected chi connectivity index (χ4v) is 2.06. The molecular formula is C15H13ClF2N2O3. The van der Waals surface area contributed by atoms with Crippen molar-refractivity contribution in [3.8, 4) is 5.75 Å². The van der Waals surface area contributed by atoms with Crippen molar-refractivity contribution in [2.24, 2.45) is 0 Å². The number of ether oxygens (including phenoxy) is 1. The highest BCUT2D eigenvalue weighted by molar-refractivity contribution is 6.33. The van der Waals surface area contributed by atoms with Crippen LogP contribution in [0.2, 0.25) is 5.02 Å². The number of aliphatic hydroxyl groups is 1. The van der Waals surface area contributed by atoms with Crippen molar-refractivity contribution in [2.45, 2.75) is 12.7 Å². The Morgan fingerprint density at radius 3 is 2.87 bits per heavy atom. The molecule has 0 aliphatic heterocycles. The molecule has 1 aromatic carbocycles. The molecule has 1 aromatic heterocycles. The fraction of sp³-hybridized carbons (Fsp3) is 0.200. The smallest absolute Gasteiger partial charge is 0.387 e. The summed E-state index contributed by atoms with van der Waals surface area (Å²) in [6.45, 7) is -3.06. The van der Waals surface area contributed by atoms with Crippen molar-refractivity contribution in [3.05, 3.63) is 58.9 Å². The Hall–Kier alpha value is -2.25. The van der Waals surface area contributed by atoms with Gasteiger partial charge in [-0.25, -0.2) is 0 Å². The van der Waals surface area contributed by atoms with Gasteiger partial charge in [-0.05, 0) is 23.8 Å². The lowest BCUT2D eigenvalue weighted by molar-refractivity contribution is -0.0499. The first-order chi connectivity index (χ1) is 11.0. The molecule has 23 heavy (non-hydrogen) atoms. The molecule has 2 N–H and O–H groups in total. The van der Waals surface area contributed by atoms with E-state index in [4.69, 9.17) is 11.6 Å². The van der Waals surface area contributed by atoms with Gasteiger partial charge < -0.3 is 15.2 Å². The summed E-state index contributed by atoms with van der Waals surface area (Å²) in [7, 11) is 0. The van der Waals surface area contributed by atoms with E-state index in [-0.39, 0.29) is 22.9 Å². The SMILES string of the molecule is O=C(NCC(O)c1cccc(OC(F)F)c1)c1ccncc1Cl. The highest BCUT2D eigenvalue weighted by Crippen LogP contribution is 2.21. The molecule has 1 heterocycles. The number of aromatic nitrogens is 1. The number of amides is 1. The van der Waals surface area contributed by atoms with Gasteiger partial charge in [0.05, 0.1) is 16.7 Å². The highest BCUT2D eigenvalue weighted by atomic mass is 35.5. The molecule has 0 radical (unpaired) electrons. The van der Waals surface area contributed by atoms with E-state index in [2.05, 4.69) is 15.0 Å². The Kier molecular flexibility index (Phi) is 5.84. The van der Waals surface area contributed by atoms with Crippen LogP contribution in [0.5, 0.6) is 5.75 Å². The van der Waals surface area contributed by atoms with Crippen LogP contribution in [0.4, 0.5) is 8.78 Å². The first-order valence-corrected chi connectivity index (χ1v) is 6.95. The van der Waals surface area contributed by atoms with Crippen LogP contribution in [-0.4, -0.2) is 29.2 Å². The minimum atomic E-state index is -2.95. The number of hydrogen-bond acceptors (Lipinski definition) is 4. The van der Waals surface area contributed by atoms with Crippen LogP contribution >= 0.6 is 11.6 Å². The number of nitrogens with one attached hydrogen (secondary N) is 1. The average Bonchev–Trinajstić information content (AvgIpc) is 2.52. The number of carbonyl (C=O) groups is 1. The molecule has 0 bridgehead atoms. The van der Waals surface area contributed by atoms with Crippen LogP contribution in [0.1, 0.15) is 22.0 Å². The maximum Gasteiger partial charge on any atom is 0.387 e. The minimum Gasteiger partial charge on any atom is -0.435 e. The highest BCUT2D eigenvalue weighted by Gasteiger charge is 2.14. The number of halogens is 3. The Balaban J connectivity index is 1.98. The van der Waals surface area contributed by atoms with E-state index in [1.165, 1.54) is 42.7 Å². The Morgan fingerprint density at radius 1 is 1.39 bits per heavy atom. The summed E-state index contributed by atoms with van der Waals surface area (Å²) < 4.78 is 28.6. The summed E-state index contributed by atoms with van der Waals surface area (Å²) in [5.41, 5.74) is 0.563. The molecule has 0 fully saturated rings. The third-order valence-corrected chi connectivity index (χ3v) is 3.24. The minimum absolute atomic E-state index is 0.0694. The molecule has 2 rings (SSSR count). The van der Waals surface area contributed by atoms with E-state index in [9.17, 15) is 18.7 Å². The third-order valence-electron chi connectivity index (χ3n) is 2.94. The number of hydrogen-bond donors (Lipinski definition) is 2. The first-order valence-electron chi connectivity index (χ1n) is 6.58. The van der Waals surface area contributed by atoms with Crippen molar-refractivity contribution in [3.63, 3.8) is 0 Å². The summed E-state index contributed by atoms with van der Waals surface area (Å²) >= 11 is 5.85. The van der Waals surface area contributed by atoms with Crippen LogP contribution < -0.4 is 10.1 Å². The van der Waals surface area contributed by atoms with Gasteiger partial charge in [-0.3, -0.25) is 9.78 Å². The second-order valence-electron chi connectivity index (χ2n) is 4.53. The molecule has 0 aliphatic rings. The molecule has 0 spiro atoms. The number of carbonyl (C=O) groups excluding carboxylic acids is 1. The van der Waals surface area contributed by atoms with Gasteiger partial charge in [0.2, 0.25) is 0 Å². The molecule has 1 atom stereocenters. The standard InChI is InChI=1S/C15H13ClF2N2O3/c16-12-7-19-5-4-11(12)14(22)20-8-13(21)9-2-1-3-10(6-9)23-15(17)18/h1-7,13,15,21H,8H2,(H,20,22). The van der Waals surface area contributed by atoms with E-state index in [1.54, 1.807) is 0 Å². The van der Waals surface area contributed by atoms with Gasteiger partial charge in [-0.15, -0.1) is 0 Å². The summed E-state index contributed by atoms with van der Waals surface area (Å²) in [6, 6.07) is 7.08. The molecule has 122 valence electrons. The number of alkyl halides is 2. The maximum atomic E-state index is 12.2. The van der Waals surface area contributed by atoms with E-state index in [1.807, 2.05) is 0 Å². The van der Waals surface area contributed by atoms with Crippen molar-refractivity contribution >= 4 is 17.5 Å². The maximum absolute atomic E-state index is 12.2. The number of benzene rings is 1. The van der Waals surface area contributed by atoms with Crippen molar-refractivity contribution in [2.75, 3.05) is 6.54 Å². The Labute approximate surface area is 135 Å². The average molecular weight is 343 g/mol. The lowest BCUT2D eigenvalue weighted by atomic mass is 10.1. The lowest BCUT2D eigenvalue weighted by Gasteiger charge is -2.14. The van der Waals surface area contributed by atoms with E-state index < -0.39 is 18.6 Å². The van der Waals surface area contributed by atoms with Gasteiger partial charge in [0.25, 0.3) is 5.91 Å². The van der Waals surface area contributed by atoms with Crippen LogP contribution in [0.15, 0.2) is 42.7 Å².